The Hall–Kier alpha value is -2.57. The number of rotatable bonds is 3. The molecule has 2 aromatic carbocycles. The molecule has 2 aromatic rings. The van der Waals surface area contributed by atoms with Crippen molar-refractivity contribution in [3.05, 3.63) is 70.8 Å². The third-order valence-electron chi connectivity index (χ3n) is 4.13. The van der Waals surface area contributed by atoms with Crippen molar-refractivity contribution in [3.63, 3.8) is 0 Å². The third-order valence-corrected chi connectivity index (χ3v) is 4.13. The molecule has 0 bridgehead atoms. The number of ether oxygens (including phenoxy) is 1. The molecule has 1 aliphatic heterocycles. The van der Waals surface area contributed by atoms with Crippen molar-refractivity contribution < 1.29 is 9.53 Å². The molecule has 24 heavy (non-hydrogen) atoms. The summed E-state index contributed by atoms with van der Waals surface area (Å²) >= 11 is 0. The first-order chi connectivity index (χ1) is 11.7. The van der Waals surface area contributed by atoms with Crippen LogP contribution < -0.4 is 5.32 Å². The summed E-state index contributed by atoms with van der Waals surface area (Å²) in [5, 5.41) is 2.97. The summed E-state index contributed by atoms with van der Waals surface area (Å²) in [6.07, 6.45) is 1.02. The van der Waals surface area contributed by atoms with Crippen LogP contribution in [0.15, 0.2) is 48.5 Å². The molecule has 1 atom stereocenters. The van der Waals surface area contributed by atoms with E-state index in [-0.39, 0.29) is 5.91 Å². The normalized spacial score (nSPS) is 16.3. The van der Waals surface area contributed by atoms with Crippen molar-refractivity contribution in [1.82, 2.24) is 5.32 Å². The number of amides is 1. The predicted octanol–water partition coefficient (Wildman–Crippen LogP) is 3.16. The Kier molecular flexibility index (Phi) is 5.30. The van der Waals surface area contributed by atoms with Crippen LogP contribution in [0.3, 0.4) is 0 Å². The number of hydrogen-bond donors (Lipinski definition) is 1. The summed E-state index contributed by atoms with van der Waals surface area (Å²) in [5.74, 6) is 6.66. The lowest BCUT2D eigenvalue weighted by Crippen LogP contribution is -2.29. The summed E-state index contributed by atoms with van der Waals surface area (Å²) in [6, 6.07) is 15.5. The zero-order valence-corrected chi connectivity index (χ0v) is 13.8. The van der Waals surface area contributed by atoms with Crippen LogP contribution in [0.4, 0.5) is 0 Å². The molecule has 0 spiro atoms. The first-order valence-corrected chi connectivity index (χ1v) is 8.25. The lowest BCUT2D eigenvalue weighted by molar-refractivity contribution is 0.0945. The minimum Gasteiger partial charge on any atom is -0.381 e. The van der Waals surface area contributed by atoms with Crippen LogP contribution in [0.1, 0.15) is 33.5 Å². The fraction of sp³-hybridized carbons (Fsp3) is 0.286. The van der Waals surface area contributed by atoms with E-state index in [0.717, 1.165) is 30.8 Å². The van der Waals surface area contributed by atoms with E-state index in [1.54, 1.807) is 0 Å². The van der Waals surface area contributed by atoms with Gasteiger partial charge in [-0.25, -0.2) is 0 Å². The Labute approximate surface area is 143 Å². The average Bonchev–Trinajstić information content (AvgIpc) is 3.13. The third kappa shape index (κ3) is 4.47. The molecule has 122 valence electrons. The predicted molar refractivity (Wildman–Crippen MR) is 94.9 cm³/mol. The van der Waals surface area contributed by atoms with Crippen LogP contribution in [0.2, 0.25) is 0 Å². The molecule has 1 N–H and O–H groups in total. The summed E-state index contributed by atoms with van der Waals surface area (Å²) in [5.41, 5.74) is 3.77. The number of aryl methyl sites for hydroxylation is 1. The van der Waals surface area contributed by atoms with E-state index >= 15 is 0 Å². The molecule has 1 unspecified atom stereocenters. The van der Waals surface area contributed by atoms with Gasteiger partial charge in [-0.2, -0.15) is 0 Å². The second kappa shape index (κ2) is 7.81. The Balaban J connectivity index is 1.58. The largest absolute Gasteiger partial charge is 0.381 e. The van der Waals surface area contributed by atoms with Gasteiger partial charge in [-0.05, 0) is 49.7 Å². The molecule has 1 heterocycles. The summed E-state index contributed by atoms with van der Waals surface area (Å²) < 4.78 is 5.31. The first-order valence-electron chi connectivity index (χ1n) is 8.25. The molecule has 0 aliphatic carbocycles. The van der Waals surface area contributed by atoms with Crippen molar-refractivity contribution in [2.45, 2.75) is 13.3 Å². The Morgan fingerprint density at radius 3 is 2.29 bits per heavy atom. The molecule has 1 amide bonds. The highest BCUT2D eigenvalue weighted by Crippen LogP contribution is 2.11. The molecule has 1 fully saturated rings. The SMILES string of the molecule is Cc1ccc(C#Cc2ccc(C(=O)NCC3CCOC3)cc2)cc1. The molecule has 0 radical (unpaired) electrons. The van der Waals surface area contributed by atoms with Gasteiger partial charge in [0.2, 0.25) is 0 Å². The number of carbonyl (C=O) groups excluding carboxylic acids is 1. The summed E-state index contributed by atoms with van der Waals surface area (Å²) in [7, 11) is 0. The van der Waals surface area contributed by atoms with E-state index in [1.165, 1.54) is 5.56 Å². The highest BCUT2D eigenvalue weighted by molar-refractivity contribution is 5.94. The molecule has 1 aliphatic rings. The highest BCUT2D eigenvalue weighted by atomic mass is 16.5. The molecule has 3 heteroatoms. The van der Waals surface area contributed by atoms with Crippen LogP contribution >= 0.6 is 0 Å². The molecular weight excluding hydrogens is 298 g/mol. The number of nitrogens with one attached hydrogen (secondary N) is 1. The lowest BCUT2D eigenvalue weighted by Gasteiger charge is -2.09. The van der Waals surface area contributed by atoms with Crippen LogP contribution in [0.25, 0.3) is 0 Å². The maximum Gasteiger partial charge on any atom is 0.251 e. The van der Waals surface area contributed by atoms with Gasteiger partial charge in [0.1, 0.15) is 0 Å². The van der Waals surface area contributed by atoms with Crippen LogP contribution in [-0.4, -0.2) is 25.7 Å². The fourth-order valence-corrected chi connectivity index (χ4v) is 2.57. The second-order valence-electron chi connectivity index (χ2n) is 6.13. The van der Waals surface area contributed by atoms with Crippen LogP contribution in [0, 0.1) is 24.7 Å². The first kappa shape index (κ1) is 16.3. The quantitative estimate of drug-likeness (QED) is 0.883. The molecule has 3 nitrogen and oxygen atoms in total. The average molecular weight is 319 g/mol. The number of benzene rings is 2. The minimum absolute atomic E-state index is 0.0417. The van der Waals surface area contributed by atoms with Crippen molar-refractivity contribution in [1.29, 1.82) is 0 Å². The number of hydrogen-bond acceptors (Lipinski definition) is 2. The fourth-order valence-electron chi connectivity index (χ4n) is 2.57. The Morgan fingerprint density at radius 1 is 1.08 bits per heavy atom. The van der Waals surface area contributed by atoms with E-state index in [4.69, 9.17) is 4.74 Å². The smallest absolute Gasteiger partial charge is 0.251 e. The van der Waals surface area contributed by atoms with Gasteiger partial charge in [0, 0.05) is 35.8 Å². The zero-order chi connectivity index (χ0) is 16.8. The van der Waals surface area contributed by atoms with Gasteiger partial charge in [-0.3, -0.25) is 4.79 Å². The van der Waals surface area contributed by atoms with E-state index in [1.807, 2.05) is 48.5 Å². The van der Waals surface area contributed by atoms with Gasteiger partial charge < -0.3 is 10.1 Å². The molecule has 0 aromatic heterocycles. The minimum atomic E-state index is -0.0417. The maximum atomic E-state index is 12.1. The van der Waals surface area contributed by atoms with Crippen LogP contribution in [0.5, 0.6) is 0 Å². The van der Waals surface area contributed by atoms with E-state index in [2.05, 4.69) is 24.1 Å². The molecule has 0 saturated carbocycles. The lowest BCUT2D eigenvalue weighted by atomic mass is 10.1. The standard InChI is InChI=1S/C21H21NO2/c1-16-2-4-17(5-3-16)6-7-18-8-10-20(11-9-18)21(23)22-14-19-12-13-24-15-19/h2-5,8-11,19H,12-15H2,1H3,(H,22,23). The molecule has 1 saturated heterocycles. The highest BCUT2D eigenvalue weighted by Gasteiger charge is 2.16. The van der Waals surface area contributed by atoms with E-state index in [9.17, 15) is 4.79 Å². The van der Waals surface area contributed by atoms with Crippen LogP contribution in [-0.2, 0) is 4.74 Å². The van der Waals surface area contributed by atoms with Gasteiger partial charge in [0.05, 0.1) is 6.61 Å². The second-order valence-corrected chi connectivity index (χ2v) is 6.13. The summed E-state index contributed by atoms with van der Waals surface area (Å²) in [4.78, 5) is 12.1. The van der Waals surface area contributed by atoms with E-state index < -0.39 is 0 Å². The van der Waals surface area contributed by atoms with Crippen molar-refractivity contribution >= 4 is 5.91 Å². The monoisotopic (exact) mass is 319 g/mol. The molecular formula is C21H21NO2. The van der Waals surface area contributed by atoms with Gasteiger partial charge >= 0.3 is 0 Å². The topological polar surface area (TPSA) is 38.3 Å². The Bertz CT molecular complexity index is 745. The van der Waals surface area contributed by atoms with Crippen molar-refractivity contribution in [2.75, 3.05) is 19.8 Å². The summed E-state index contributed by atoms with van der Waals surface area (Å²) in [6.45, 7) is 4.28. The van der Waals surface area contributed by atoms with Gasteiger partial charge in [-0.15, -0.1) is 0 Å². The van der Waals surface area contributed by atoms with Gasteiger partial charge in [0.15, 0.2) is 0 Å². The molecule has 3 rings (SSSR count). The van der Waals surface area contributed by atoms with E-state index in [0.29, 0.717) is 18.0 Å². The Morgan fingerprint density at radius 2 is 1.71 bits per heavy atom. The number of carbonyl (C=O) groups is 1. The maximum absolute atomic E-state index is 12.1. The van der Waals surface area contributed by atoms with Gasteiger partial charge in [0.25, 0.3) is 5.91 Å². The zero-order valence-electron chi connectivity index (χ0n) is 13.8. The van der Waals surface area contributed by atoms with Crippen molar-refractivity contribution in [3.8, 4) is 11.8 Å². The van der Waals surface area contributed by atoms with Gasteiger partial charge in [-0.1, -0.05) is 29.5 Å². The van der Waals surface area contributed by atoms with Crippen molar-refractivity contribution in [2.24, 2.45) is 5.92 Å².